The zero-order chi connectivity index (χ0) is 17.1. The Morgan fingerprint density at radius 3 is 2.79 bits per heavy atom. The summed E-state index contributed by atoms with van der Waals surface area (Å²) in [4.78, 5) is 18.9. The number of nitrogens with zero attached hydrogens (tertiary/aromatic N) is 2. The highest BCUT2D eigenvalue weighted by Gasteiger charge is 2.22. The predicted molar refractivity (Wildman–Crippen MR) is 97.7 cm³/mol. The molecule has 1 aromatic heterocycles. The zero-order valence-electron chi connectivity index (χ0n) is 14.7. The Hall–Kier alpha value is -2.36. The van der Waals surface area contributed by atoms with Crippen LogP contribution in [0, 0.1) is 19.8 Å². The molecule has 0 radical (unpaired) electrons. The van der Waals surface area contributed by atoms with Gasteiger partial charge in [0.05, 0.1) is 11.9 Å². The number of carbonyl (C=O) groups excluding carboxylic acids is 1. The van der Waals surface area contributed by atoms with E-state index in [9.17, 15) is 4.79 Å². The van der Waals surface area contributed by atoms with Gasteiger partial charge in [-0.15, -0.1) is 0 Å². The Kier molecular flexibility index (Phi) is 4.84. The third-order valence-electron chi connectivity index (χ3n) is 4.81. The molecule has 1 aliphatic heterocycles. The number of benzene rings is 1. The number of hydrogen-bond acceptors (Lipinski definition) is 3. The van der Waals surface area contributed by atoms with Gasteiger partial charge in [0, 0.05) is 18.8 Å². The van der Waals surface area contributed by atoms with Gasteiger partial charge >= 0.3 is 0 Å². The van der Waals surface area contributed by atoms with Gasteiger partial charge < -0.3 is 10.2 Å². The van der Waals surface area contributed by atoms with Crippen LogP contribution in [0.15, 0.2) is 36.5 Å². The lowest BCUT2D eigenvalue weighted by Gasteiger charge is -2.30. The van der Waals surface area contributed by atoms with Gasteiger partial charge in [0.2, 0.25) is 0 Å². The summed E-state index contributed by atoms with van der Waals surface area (Å²) < 4.78 is 0. The lowest BCUT2D eigenvalue weighted by atomic mass is 10.00. The maximum atomic E-state index is 12.6. The Labute approximate surface area is 143 Å². The number of carbonyl (C=O) groups is 1. The zero-order valence-corrected chi connectivity index (χ0v) is 14.7. The highest BCUT2D eigenvalue weighted by molar-refractivity contribution is 5.92. The van der Waals surface area contributed by atoms with Crippen LogP contribution in [0.25, 0.3) is 0 Å². The van der Waals surface area contributed by atoms with Crippen LogP contribution in [0.3, 0.4) is 0 Å². The standard InChI is InChI=1S/C20H25N3O/c1-14-6-5-11-23(13-14)20(24)19-10-9-17(12-21-19)22-18-8-4-7-15(2)16(18)3/h4,7-10,12,14,22H,5-6,11,13H2,1-3H3. The van der Waals surface area contributed by atoms with E-state index in [2.05, 4.69) is 43.2 Å². The topological polar surface area (TPSA) is 45.2 Å². The number of rotatable bonds is 3. The summed E-state index contributed by atoms with van der Waals surface area (Å²) in [6, 6.07) is 9.93. The SMILES string of the molecule is Cc1cccc(Nc2ccc(C(=O)N3CCCC(C)C3)nc2)c1C. The summed E-state index contributed by atoms with van der Waals surface area (Å²) in [6.45, 7) is 8.07. The molecule has 126 valence electrons. The van der Waals surface area contributed by atoms with E-state index in [1.54, 1.807) is 6.20 Å². The number of aromatic nitrogens is 1. The fraction of sp³-hybridized carbons (Fsp3) is 0.400. The molecule has 24 heavy (non-hydrogen) atoms. The van der Waals surface area contributed by atoms with Crippen LogP contribution in [0.1, 0.15) is 41.4 Å². The van der Waals surface area contributed by atoms with Gasteiger partial charge in [-0.25, -0.2) is 4.98 Å². The van der Waals surface area contributed by atoms with Gasteiger partial charge in [0.25, 0.3) is 5.91 Å². The number of aryl methyl sites for hydroxylation is 1. The molecular formula is C20H25N3O. The number of amides is 1. The lowest BCUT2D eigenvalue weighted by molar-refractivity contribution is 0.0677. The molecule has 1 atom stereocenters. The molecule has 0 spiro atoms. The van der Waals surface area contributed by atoms with Crippen molar-refractivity contribution in [3.63, 3.8) is 0 Å². The molecule has 1 aromatic carbocycles. The molecular weight excluding hydrogens is 298 g/mol. The average Bonchev–Trinajstić information content (AvgIpc) is 2.59. The van der Waals surface area contributed by atoms with Gasteiger partial charge in [-0.05, 0) is 61.9 Å². The van der Waals surface area contributed by atoms with Gasteiger partial charge in [0.1, 0.15) is 5.69 Å². The first-order valence-corrected chi connectivity index (χ1v) is 8.63. The smallest absolute Gasteiger partial charge is 0.272 e. The Morgan fingerprint density at radius 1 is 1.25 bits per heavy atom. The predicted octanol–water partition coefficient (Wildman–Crippen LogP) is 4.31. The second-order valence-corrected chi connectivity index (χ2v) is 6.80. The van der Waals surface area contributed by atoms with E-state index < -0.39 is 0 Å². The number of nitrogens with one attached hydrogen (secondary N) is 1. The molecule has 2 aromatic rings. The van der Waals surface area contributed by atoms with Crippen molar-refractivity contribution in [1.82, 2.24) is 9.88 Å². The molecule has 2 heterocycles. The summed E-state index contributed by atoms with van der Waals surface area (Å²) in [5.41, 5.74) is 4.96. The molecule has 1 N–H and O–H groups in total. The highest BCUT2D eigenvalue weighted by atomic mass is 16.2. The second-order valence-electron chi connectivity index (χ2n) is 6.80. The number of likely N-dealkylation sites (tertiary alicyclic amines) is 1. The normalized spacial score (nSPS) is 17.6. The molecule has 0 saturated carbocycles. The maximum Gasteiger partial charge on any atom is 0.272 e. The van der Waals surface area contributed by atoms with Crippen molar-refractivity contribution in [2.24, 2.45) is 5.92 Å². The summed E-state index contributed by atoms with van der Waals surface area (Å²) in [7, 11) is 0. The van der Waals surface area contributed by atoms with Crippen molar-refractivity contribution in [2.75, 3.05) is 18.4 Å². The highest BCUT2D eigenvalue weighted by Crippen LogP contribution is 2.23. The van der Waals surface area contributed by atoms with Gasteiger partial charge in [0.15, 0.2) is 0 Å². The van der Waals surface area contributed by atoms with Crippen molar-refractivity contribution < 1.29 is 4.79 Å². The van der Waals surface area contributed by atoms with E-state index in [1.165, 1.54) is 17.5 Å². The minimum Gasteiger partial charge on any atom is -0.354 e. The molecule has 1 fully saturated rings. The van der Waals surface area contributed by atoms with Crippen molar-refractivity contribution in [3.05, 3.63) is 53.3 Å². The number of pyridine rings is 1. The first-order valence-electron chi connectivity index (χ1n) is 8.63. The van der Waals surface area contributed by atoms with E-state index in [0.717, 1.165) is 30.9 Å². The summed E-state index contributed by atoms with van der Waals surface area (Å²) in [5, 5.41) is 3.38. The van der Waals surface area contributed by atoms with Gasteiger partial charge in [-0.2, -0.15) is 0 Å². The molecule has 0 bridgehead atoms. The number of anilines is 2. The molecule has 1 unspecified atom stereocenters. The van der Waals surface area contributed by atoms with Crippen LogP contribution in [-0.2, 0) is 0 Å². The molecule has 1 saturated heterocycles. The summed E-state index contributed by atoms with van der Waals surface area (Å²) in [6.07, 6.45) is 4.03. The van der Waals surface area contributed by atoms with E-state index in [0.29, 0.717) is 11.6 Å². The van der Waals surface area contributed by atoms with Crippen LogP contribution in [0.4, 0.5) is 11.4 Å². The van der Waals surface area contributed by atoms with E-state index >= 15 is 0 Å². The average molecular weight is 323 g/mol. The van der Waals surface area contributed by atoms with E-state index in [1.807, 2.05) is 23.1 Å². The van der Waals surface area contributed by atoms with Crippen molar-refractivity contribution >= 4 is 17.3 Å². The van der Waals surface area contributed by atoms with Crippen molar-refractivity contribution in [1.29, 1.82) is 0 Å². The van der Waals surface area contributed by atoms with Crippen LogP contribution in [0.5, 0.6) is 0 Å². The molecule has 1 amide bonds. The molecule has 3 rings (SSSR count). The first kappa shape index (κ1) is 16.5. The maximum absolute atomic E-state index is 12.6. The largest absolute Gasteiger partial charge is 0.354 e. The minimum atomic E-state index is 0.0415. The number of piperidine rings is 1. The molecule has 1 aliphatic rings. The van der Waals surface area contributed by atoms with Crippen LogP contribution >= 0.6 is 0 Å². The van der Waals surface area contributed by atoms with Crippen LogP contribution < -0.4 is 5.32 Å². The van der Waals surface area contributed by atoms with Crippen molar-refractivity contribution in [3.8, 4) is 0 Å². The first-order chi connectivity index (χ1) is 11.5. The van der Waals surface area contributed by atoms with Crippen LogP contribution in [-0.4, -0.2) is 28.9 Å². The summed E-state index contributed by atoms with van der Waals surface area (Å²) >= 11 is 0. The molecule has 0 aliphatic carbocycles. The number of hydrogen-bond donors (Lipinski definition) is 1. The van der Waals surface area contributed by atoms with E-state index in [4.69, 9.17) is 0 Å². The van der Waals surface area contributed by atoms with Gasteiger partial charge in [-0.1, -0.05) is 19.1 Å². The minimum absolute atomic E-state index is 0.0415. The van der Waals surface area contributed by atoms with E-state index in [-0.39, 0.29) is 5.91 Å². The van der Waals surface area contributed by atoms with Crippen molar-refractivity contribution in [2.45, 2.75) is 33.6 Å². The monoisotopic (exact) mass is 323 g/mol. The molecule has 4 nitrogen and oxygen atoms in total. The Bertz CT molecular complexity index is 724. The summed E-state index contributed by atoms with van der Waals surface area (Å²) in [5.74, 6) is 0.618. The lowest BCUT2D eigenvalue weighted by Crippen LogP contribution is -2.39. The fourth-order valence-electron chi connectivity index (χ4n) is 3.17. The molecule has 4 heteroatoms. The second kappa shape index (κ2) is 7.04. The third kappa shape index (κ3) is 3.58. The van der Waals surface area contributed by atoms with Crippen LogP contribution in [0.2, 0.25) is 0 Å². The Morgan fingerprint density at radius 2 is 2.08 bits per heavy atom. The van der Waals surface area contributed by atoms with Gasteiger partial charge in [-0.3, -0.25) is 4.79 Å². The quantitative estimate of drug-likeness (QED) is 0.915. The Balaban J connectivity index is 1.71. The fourth-order valence-corrected chi connectivity index (χ4v) is 3.17. The third-order valence-corrected chi connectivity index (χ3v) is 4.81.